The van der Waals surface area contributed by atoms with Gasteiger partial charge in [0.1, 0.15) is 0 Å². The van der Waals surface area contributed by atoms with Crippen LogP contribution >= 0.6 is 0 Å². The number of anilines is 1. The van der Waals surface area contributed by atoms with Crippen molar-refractivity contribution in [3.05, 3.63) is 52.6 Å². The highest BCUT2D eigenvalue weighted by molar-refractivity contribution is 5.94. The molecule has 0 aromatic heterocycles. The second-order valence-corrected chi connectivity index (χ2v) is 11.4. The normalized spacial score (nSPS) is 35.6. The largest absolute Gasteiger partial charge is 0.396 e. The van der Waals surface area contributed by atoms with Gasteiger partial charge in [0.15, 0.2) is 5.78 Å². The summed E-state index contributed by atoms with van der Waals surface area (Å²) in [5, 5.41) is 21.0. The van der Waals surface area contributed by atoms with E-state index in [-0.39, 0.29) is 23.7 Å². The maximum atomic E-state index is 12.7. The average Bonchev–Trinajstić information content (AvgIpc) is 3.07. The molecule has 0 amide bonds. The Kier molecular flexibility index (Phi) is 5.81. The number of aliphatic hydroxyl groups excluding tert-OH is 1. The Labute approximate surface area is 198 Å². The molecule has 4 heteroatoms. The topological polar surface area (TPSA) is 60.8 Å². The minimum Gasteiger partial charge on any atom is -0.396 e. The lowest BCUT2D eigenvalue weighted by Crippen LogP contribution is -2.50. The first-order valence-corrected chi connectivity index (χ1v) is 12.8. The van der Waals surface area contributed by atoms with Crippen LogP contribution in [0.25, 0.3) is 0 Å². The molecule has 5 atom stereocenters. The molecule has 4 aliphatic rings. The number of allylic oxidation sites excluding steroid dienone is 4. The number of carbonyl (C=O) groups is 1. The fourth-order valence-corrected chi connectivity index (χ4v) is 7.82. The van der Waals surface area contributed by atoms with Gasteiger partial charge in [-0.15, -0.1) is 0 Å². The maximum absolute atomic E-state index is 12.7. The number of rotatable bonds is 5. The van der Waals surface area contributed by atoms with Crippen molar-refractivity contribution < 1.29 is 15.0 Å². The van der Waals surface area contributed by atoms with E-state index in [1.54, 1.807) is 5.57 Å². The van der Waals surface area contributed by atoms with Gasteiger partial charge >= 0.3 is 0 Å². The van der Waals surface area contributed by atoms with Crippen molar-refractivity contribution >= 4 is 11.5 Å². The summed E-state index contributed by atoms with van der Waals surface area (Å²) in [4.78, 5) is 14.8. The van der Waals surface area contributed by atoms with Crippen LogP contribution in [0.1, 0.15) is 76.2 Å². The van der Waals surface area contributed by atoms with Crippen molar-refractivity contribution in [3.63, 3.8) is 0 Å². The molecule has 0 radical (unpaired) electrons. The van der Waals surface area contributed by atoms with Gasteiger partial charge in [-0.1, -0.05) is 24.6 Å². The molecule has 0 heterocycles. The molecule has 33 heavy (non-hydrogen) atoms. The van der Waals surface area contributed by atoms with Crippen LogP contribution in [0.2, 0.25) is 0 Å². The van der Waals surface area contributed by atoms with E-state index in [2.05, 4.69) is 50.2 Å². The third-order valence-corrected chi connectivity index (χ3v) is 9.66. The summed E-state index contributed by atoms with van der Waals surface area (Å²) in [7, 11) is 4.11. The van der Waals surface area contributed by atoms with Crippen molar-refractivity contribution in [1.82, 2.24) is 0 Å². The van der Waals surface area contributed by atoms with E-state index >= 15 is 0 Å². The molecule has 2 fully saturated rings. The van der Waals surface area contributed by atoms with E-state index in [1.165, 1.54) is 22.4 Å². The number of nitrogens with zero attached hydrogens (tertiary/aromatic N) is 1. The van der Waals surface area contributed by atoms with Gasteiger partial charge < -0.3 is 15.1 Å². The van der Waals surface area contributed by atoms with Crippen molar-refractivity contribution in [1.29, 1.82) is 0 Å². The molecular formula is C29H39NO3. The summed E-state index contributed by atoms with van der Waals surface area (Å²) in [6, 6.07) is 8.76. The van der Waals surface area contributed by atoms with Gasteiger partial charge in [0.05, 0.1) is 5.60 Å². The Balaban J connectivity index is 1.53. The number of ketones is 1. The standard InChI is InChI=1S/C29H39NO3/c1-28-14-11-24-23(26(28)12-15-29(28,33)13-4-16-31)10-7-20-17-22(32)18-25(27(20)24)19-5-8-21(9-6-19)30(2)3/h5-6,8-9,17,23,25-26,31,33H,4,7,10-16,18H2,1-3H3. The molecule has 5 rings (SSSR count). The number of hydrogen-bond donors (Lipinski definition) is 2. The highest BCUT2D eigenvalue weighted by Gasteiger charge is 2.60. The van der Waals surface area contributed by atoms with E-state index < -0.39 is 5.60 Å². The molecule has 0 bridgehead atoms. The van der Waals surface area contributed by atoms with Crippen molar-refractivity contribution in [2.24, 2.45) is 17.3 Å². The van der Waals surface area contributed by atoms with Gasteiger partial charge in [-0.05, 0) is 104 Å². The van der Waals surface area contributed by atoms with Crippen molar-refractivity contribution in [3.8, 4) is 0 Å². The maximum Gasteiger partial charge on any atom is 0.156 e. The molecule has 0 saturated heterocycles. The second kappa shape index (κ2) is 8.39. The number of benzene rings is 1. The minimum absolute atomic E-state index is 0.0779. The molecule has 5 unspecified atom stereocenters. The Morgan fingerprint density at radius 2 is 1.85 bits per heavy atom. The van der Waals surface area contributed by atoms with Gasteiger partial charge in [-0.2, -0.15) is 0 Å². The number of fused-ring (bicyclic) bond motifs is 4. The van der Waals surface area contributed by atoms with E-state index in [1.807, 2.05) is 6.08 Å². The van der Waals surface area contributed by atoms with Gasteiger partial charge in [0.2, 0.25) is 0 Å². The van der Waals surface area contributed by atoms with Gasteiger partial charge in [-0.25, -0.2) is 0 Å². The Bertz CT molecular complexity index is 991. The fraction of sp³-hybridized carbons (Fsp3) is 0.621. The molecule has 1 aromatic rings. The molecule has 0 spiro atoms. The van der Waals surface area contributed by atoms with Crippen LogP contribution in [0.5, 0.6) is 0 Å². The first-order chi connectivity index (χ1) is 15.8. The lowest BCUT2D eigenvalue weighted by atomic mass is 9.53. The van der Waals surface area contributed by atoms with Gasteiger partial charge in [0.25, 0.3) is 0 Å². The molecule has 4 nitrogen and oxygen atoms in total. The Hall–Kier alpha value is -1.91. The number of carbonyl (C=O) groups excluding carboxylic acids is 1. The van der Waals surface area contributed by atoms with Crippen molar-refractivity contribution in [2.45, 2.75) is 76.2 Å². The summed E-state index contributed by atoms with van der Waals surface area (Å²) in [5.41, 5.74) is 6.00. The molecule has 0 aliphatic heterocycles. The molecule has 4 aliphatic carbocycles. The predicted molar refractivity (Wildman–Crippen MR) is 132 cm³/mol. The van der Waals surface area contributed by atoms with Crippen LogP contribution in [0.15, 0.2) is 47.1 Å². The zero-order valence-electron chi connectivity index (χ0n) is 20.4. The molecule has 1 aromatic carbocycles. The summed E-state index contributed by atoms with van der Waals surface area (Å²) >= 11 is 0. The first-order valence-electron chi connectivity index (χ1n) is 12.8. The fourth-order valence-electron chi connectivity index (χ4n) is 7.82. The third-order valence-electron chi connectivity index (χ3n) is 9.66. The number of hydrogen-bond acceptors (Lipinski definition) is 4. The van der Waals surface area contributed by atoms with E-state index in [4.69, 9.17) is 0 Å². The first kappa shape index (κ1) is 22.9. The second-order valence-electron chi connectivity index (χ2n) is 11.4. The van der Waals surface area contributed by atoms with Crippen LogP contribution < -0.4 is 4.90 Å². The van der Waals surface area contributed by atoms with Gasteiger partial charge in [-0.3, -0.25) is 4.79 Å². The lowest BCUT2D eigenvalue weighted by molar-refractivity contribution is -0.115. The molecule has 178 valence electrons. The average molecular weight is 450 g/mol. The monoisotopic (exact) mass is 449 g/mol. The highest BCUT2D eigenvalue weighted by Crippen LogP contribution is 2.65. The Morgan fingerprint density at radius 1 is 1.09 bits per heavy atom. The van der Waals surface area contributed by atoms with Crippen molar-refractivity contribution in [2.75, 3.05) is 25.6 Å². The van der Waals surface area contributed by atoms with Crippen LogP contribution in [0.3, 0.4) is 0 Å². The Morgan fingerprint density at radius 3 is 2.55 bits per heavy atom. The zero-order chi connectivity index (χ0) is 23.4. The summed E-state index contributed by atoms with van der Waals surface area (Å²) < 4.78 is 0. The van der Waals surface area contributed by atoms with E-state index in [0.717, 1.165) is 38.5 Å². The summed E-state index contributed by atoms with van der Waals surface area (Å²) in [5.74, 6) is 1.42. The smallest absolute Gasteiger partial charge is 0.156 e. The van der Waals surface area contributed by atoms with Crippen LogP contribution in [-0.2, 0) is 4.79 Å². The summed E-state index contributed by atoms with van der Waals surface area (Å²) in [6.45, 7) is 2.47. The molecular weight excluding hydrogens is 410 g/mol. The van der Waals surface area contributed by atoms with Crippen LogP contribution in [0.4, 0.5) is 5.69 Å². The predicted octanol–water partition coefficient (Wildman–Crippen LogP) is 5.16. The molecule has 2 saturated carbocycles. The lowest BCUT2D eigenvalue weighted by Gasteiger charge is -2.52. The number of aliphatic hydroxyl groups is 2. The zero-order valence-corrected chi connectivity index (χ0v) is 20.4. The SMILES string of the molecule is CN(C)c1ccc(C2CC(=O)C=C3CCC4C(=C32)CCC2(C)C4CCC2(O)CCCO)cc1. The molecule has 2 N–H and O–H groups in total. The van der Waals surface area contributed by atoms with E-state index in [9.17, 15) is 15.0 Å². The minimum atomic E-state index is -0.656. The quantitative estimate of drug-likeness (QED) is 0.652. The summed E-state index contributed by atoms with van der Waals surface area (Å²) in [6.07, 6.45) is 9.90. The van der Waals surface area contributed by atoms with E-state index in [0.29, 0.717) is 31.1 Å². The van der Waals surface area contributed by atoms with Crippen LogP contribution in [-0.4, -0.2) is 42.3 Å². The van der Waals surface area contributed by atoms with Gasteiger partial charge in [0, 0.05) is 38.7 Å². The third kappa shape index (κ3) is 3.61. The highest BCUT2D eigenvalue weighted by atomic mass is 16.3. The van der Waals surface area contributed by atoms with Crippen LogP contribution in [0, 0.1) is 17.3 Å².